The first-order valence-corrected chi connectivity index (χ1v) is 8.03. The fourth-order valence-electron chi connectivity index (χ4n) is 2.91. The summed E-state index contributed by atoms with van der Waals surface area (Å²) in [4.78, 5) is 25.6. The molecule has 0 saturated carbocycles. The summed E-state index contributed by atoms with van der Waals surface area (Å²) >= 11 is 0. The van der Waals surface area contributed by atoms with Gasteiger partial charge >= 0.3 is 0 Å². The zero-order valence-corrected chi connectivity index (χ0v) is 13.3. The number of rotatable bonds is 6. The van der Waals surface area contributed by atoms with Crippen LogP contribution >= 0.6 is 0 Å². The standard InChI is InChI=1S/C19H19FN2O2/c20-16-7-3-1-5-14(16)9-10-18(23)21-11-12-22-17-8-4-2-6-15(17)13-19(22)24/h1-8H,9-13H2,(H,21,23). The molecule has 0 unspecified atom stereocenters. The van der Waals surface area contributed by atoms with Crippen molar-refractivity contribution < 1.29 is 14.0 Å². The number of aryl methyl sites for hydroxylation is 1. The molecule has 2 amide bonds. The molecular weight excluding hydrogens is 307 g/mol. The van der Waals surface area contributed by atoms with E-state index in [2.05, 4.69) is 5.32 Å². The maximum atomic E-state index is 13.5. The monoisotopic (exact) mass is 326 g/mol. The molecule has 4 nitrogen and oxygen atoms in total. The van der Waals surface area contributed by atoms with Crippen LogP contribution in [0.1, 0.15) is 17.5 Å². The van der Waals surface area contributed by atoms with E-state index in [0.717, 1.165) is 11.3 Å². The molecule has 0 radical (unpaired) electrons. The zero-order chi connectivity index (χ0) is 16.9. The van der Waals surface area contributed by atoms with Crippen molar-refractivity contribution in [2.24, 2.45) is 0 Å². The first kappa shape index (κ1) is 16.2. The van der Waals surface area contributed by atoms with Gasteiger partial charge in [0.15, 0.2) is 0 Å². The van der Waals surface area contributed by atoms with Crippen LogP contribution in [0, 0.1) is 5.82 Å². The molecule has 3 rings (SSSR count). The Labute approximate surface area is 140 Å². The van der Waals surface area contributed by atoms with Crippen LogP contribution < -0.4 is 10.2 Å². The first-order chi connectivity index (χ1) is 11.6. The number of hydrogen-bond donors (Lipinski definition) is 1. The van der Waals surface area contributed by atoms with Gasteiger partial charge in [0.05, 0.1) is 6.42 Å². The molecule has 0 fully saturated rings. The maximum Gasteiger partial charge on any atom is 0.231 e. The number of nitrogens with one attached hydrogen (secondary N) is 1. The fraction of sp³-hybridized carbons (Fsp3) is 0.263. The summed E-state index contributed by atoms with van der Waals surface area (Å²) in [5.74, 6) is -0.375. The van der Waals surface area contributed by atoms with Crippen molar-refractivity contribution in [3.8, 4) is 0 Å². The van der Waals surface area contributed by atoms with Crippen LogP contribution in [0.15, 0.2) is 48.5 Å². The summed E-state index contributed by atoms with van der Waals surface area (Å²) in [5, 5.41) is 2.80. The predicted octanol–water partition coefficient (Wildman–Crippen LogP) is 2.46. The van der Waals surface area contributed by atoms with Crippen molar-refractivity contribution >= 4 is 17.5 Å². The second-order valence-electron chi connectivity index (χ2n) is 5.79. The minimum absolute atomic E-state index is 0.0526. The van der Waals surface area contributed by atoms with Gasteiger partial charge in [-0.1, -0.05) is 36.4 Å². The molecule has 0 saturated heterocycles. The molecular formula is C19H19FN2O2. The molecule has 124 valence electrons. The second kappa shape index (κ2) is 7.25. The van der Waals surface area contributed by atoms with E-state index in [1.807, 2.05) is 24.3 Å². The van der Waals surface area contributed by atoms with Gasteiger partial charge in [0, 0.05) is 25.2 Å². The number of carbonyl (C=O) groups excluding carboxylic acids is 2. The van der Waals surface area contributed by atoms with E-state index < -0.39 is 0 Å². The average molecular weight is 326 g/mol. The molecule has 24 heavy (non-hydrogen) atoms. The summed E-state index contributed by atoms with van der Waals surface area (Å²) < 4.78 is 13.5. The Balaban J connectivity index is 1.46. The largest absolute Gasteiger partial charge is 0.354 e. The second-order valence-corrected chi connectivity index (χ2v) is 5.79. The van der Waals surface area contributed by atoms with Gasteiger partial charge in [-0.25, -0.2) is 4.39 Å². The summed E-state index contributed by atoms with van der Waals surface area (Å²) in [5.41, 5.74) is 2.48. The highest BCUT2D eigenvalue weighted by molar-refractivity contribution is 6.01. The quantitative estimate of drug-likeness (QED) is 0.886. The molecule has 0 aliphatic carbocycles. The molecule has 0 bridgehead atoms. The lowest BCUT2D eigenvalue weighted by molar-refractivity contribution is -0.121. The minimum Gasteiger partial charge on any atom is -0.354 e. The Hall–Kier alpha value is -2.69. The normalized spacial score (nSPS) is 13.0. The molecule has 1 N–H and O–H groups in total. The third kappa shape index (κ3) is 3.62. The van der Waals surface area contributed by atoms with Crippen molar-refractivity contribution in [2.45, 2.75) is 19.3 Å². The topological polar surface area (TPSA) is 49.4 Å². The lowest BCUT2D eigenvalue weighted by atomic mass is 10.1. The van der Waals surface area contributed by atoms with Gasteiger partial charge in [0.2, 0.25) is 11.8 Å². The van der Waals surface area contributed by atoms with Crippen LogP contribution in [0.4, 0.5) is 10.1 Å². The average Bonchev–Trinajstić information content (AvgIpc) is 2.90. The minimum atomic E-state index is -0.287. The zero-order valence-electron chi connectivity index (χ0n) is 13.3. The highest BCUT2D eigenvalue weighted by Gasteiger charge is 2.26. The van der Waals surface area contributed by atoms with E-state index in [9.17, 15) is 14.0 Å². The fourth-order valence-corrected chi connectivity index (χ4v) is 2.91. The van der Waals surface area contributed by atoms with Gasteiger partial charge < -0.3 is 10.2 Å². The van der Waals surface area contributed by atoms with Gasteiger partial charge in [0.1, 0.15) is 5.82 Å². The molecule has 1 heterocycles. The number of para-hydroxylation sites is 1. The summed E-state index contributed by atoms with van der Waals surface area (Å²) in [6.07, 6.45) is 1.01. The van der Waals surface area contributed by atoms with Gasteiger partial charge in [-0.05, 0) is 29.7 Å². The summed E-state index contributed by atoms with van der Waals surface area (Å²) in [6.45, 7) is 0.831. The van der Waals surface area contributed by atoms with Crippen molar-refractivity contribution in [3.63, 3.8) is 0 Å². The smallest absolute Gasteiger partial charge is 0.231 e. The van der Waals surface area contributed by atoms with Crippen LogP contribution in [0.25, 0.3) is 0 Å². The molecule has 0 spiro atoms. The van der Waals surface area contributed by atoms with Gasteiger partial charge in [-0.3, -0.25) is 9.59 Å². The molecule has 0 aromatic heterocycles. The van der Waals surface area contributed by atoms with Crippen LogP contribution in [0.3, 0.4) is 0 Å². The highest BCUT2D eigenvalue weighted by Crippen LogP contribution is 2.27. The van der Waals surface area contributed by atoms with Crippen LogP contribution in [-0.4, -0.2) is 24.9 Å². The van der Waals surface area contributed by atoms with Crippen LogP contribution in [0.5, 0.6) is 0 Å². The summed E-state index contributed by atoms with van der Waals surface area (Å²) in [7, 11) is 0. The predicted molar refractivity (Wildman–Crippen MR) is 90.2 cm³/mol. The van der Waals surface area contributed by atoms with Gasteiger partial charge in [-0.2, -0.15) is 0 Å². The van der Waals surface area contributed by atoms with Crippen molar-refractivity contribution in [1.29, 1.82) is 0 Å². The molecule has 1 aliphatic rings. The molecule has 2 aromatic carbocycles. The number of hydrogen-bond acceptors (Lipinski definition) is 2. The SMILES string of the molecule is O=C(CCc1ccccc1F)NCCN1C(=O)Cc2ccccc21. The van der Waals surface area contributed by atoms with E-state index >= 15 is 0 Å². The van der Waals surface area contributed by atoms with Crippen LogP contribution in [0.2, 0.25) is 0 Å². The van der Waals surface area contributed by atoms with Gasteiger partial charge in [0.25, 0.3) is 0 Å². The Kier molecular flexibility index (Phi) is 4.89. The Morgan fingerprint density at radius 1 is 1.12 bits per heavy atom. The van der Waals surface area contributed by atoms with E-state index in [1.54, 1.807) is 23.1 Å². The lowest BCUT2D eigenvalue weighted by Crippen LogP contribution is -2.36. The molecule has 0 atom stereocenters. The summed E-state index contributed by atoms with van der Waals surface area (Å²) in [6, 6.07) is 14.1. The molecule has 5 heteroatoms. The number of nitrogens with zero attached hydrogens (tertiary/aromatic N) is 1. The molecule has 2 aromatic rings. The number of carbonyl (C=O) groups is 2. The van der Waals surface area contributed by atoms with E-state index in [4.69, 9.17) is 0 Å². The number of amides is 2. The number of halogens is 1. The van der Waals surface area contributed by atoms with E-state index in [1.165, 1.54) is 6.07 Å². The van der Waals surface area contributed by atoms with Crippen molar-refractivity contribution in [3.05, 3.63) is 65.5 Å². The van der Waals surface area contributed by atoms with Crippen molar-refractivity contribution in [1.82, 2.24) is 5.32 Å². The Morgan fingerprint density at radius 3 is 2.71 bits per heavy atom. The van der Waals surface area contributed by atoms with Crippen molar-refractivity contribution in [2.75, 3.05) is 18.0 Å². The number of benzene rings is 2. The number of anilines is 1. The van der Waals surface area contributed by atoms with E-state index in [-0.39, 0.29) is 24.1 Å². The maximum absolute atomic E-state index is 13.5. The first-order valence-electron chi connectivity index (χ1n) is 8.03. The van der Waals surface area contributed by atoms with E-state index in [0.29, 0.717) is 31.5 Å². The number of fused-ring (bicyclic) bond motifs is 1. The third-order valence-corrected chi connectivity index (χ3v) is 4.16. The van der Waals surface area contributed by atoms with Crippen LogP contribution in [-0.2, 0) is 22.4 Å². The lowest BCUT2D eigenvalue weighted by Gasteiger charge is -2.17. The van der Waals surface area contributed by atoms with Gasteiger partial charge in [-0.15, -0.1) is 0 Å². The highest BCUT2D eigenvalue weighted by atomic mass is 19.1. The molecule has 1 aliphatic heterocycles. The Morgan fingerprint density at radius 2 is 1.88 bits per heavy atom. The third-order valence-electron chi connectivity index (χ3n) is 4.16. The Bertz CT molecular complexity index is 761.